The quantitative estimate of drug-likeness (QED) is 0.394. The molecule has 1 unspecified atom stereocenters. The standard InChI is InChI=1S/C19H13F3N6O.C8H15NO/c20-19(21,22)13-5-6-24-14(9-13)27-18(29)12-3-1-11(2-4-12)15-16-17(23)25-7-8-28(16)10-26-15;1-2-4-9-5-6-10-7-8(9)3-1/h1-10H,(H2,23,25)(H,24,27,29);8H,1-7H2. The molecule has 3 aromatic heterocycles. The van der Waals surface area contributed by atoms with Crippen LogP contribution in [-0.2, 0) is 10.9 Å². The Kier molecular flexibility index (Phi) is 7.75. The van der Waals surface area contributed by atoms with E-state index < -0.39 is 17.6 Å². The lowest BCUT2D eigenvalue weighted by atomic mass is 10.0. The molecule has 2 aliphatic rings. The fourth-order valence-corrected chi connectivity index (χ4v) is 4.77. The van der Waals surface area contributed by atoms with E-state index in [4.69, 9.17) is 10.5 Å². The van der Waals surface area contributed by atoms with Crippen LogP contribution >= 0.6 is 0 Å². The number of aromatic nitrogens is 4. The number of nitrogen functional groups attached to an aromatic ring is 1. The third kappa shape index (κ3) is 6.18. The number of anilines is 2. The molecule has 0 aliphatic carbocycles. The number of hydrogen-bond donors (Lipinski definition) is 2. The summed E-state index contributed by atoms with van der Waals surface area (Å²) in [7, 11) is 0. The third-order valence-electron chi connectivity index (χ3n) is 6.81. The lowest BCUT2D eigenvalue weighted by Gasteiger charge is -2.38. The molecule has 5 heterocycles. The van der Waals surface area contributed by atoms with E-state index in [1.807, 2.05) is 0 Å². The number of imidazole rings is 1. The molecular weight excluding hydrogens is 511 g/mol. The Morgan fingerprint density at radius 3 is 2.64 bits per heavy atom. The van der Waals surface area contributed by atoms with Gasteiger partial charge in [0.15, 0.2) is 0 Å². The van der Waals surface area contributed by atoms with Gasteiger partial charge in [-0.25, -0.2) is 15.0 Å². The van der Waals surface area contributed by atoms with E-state index in [1.54, 1.807) is 35.3 Å². The van der Waals surface area contributed by atoms with E-state index in [-0.39, 0.29) is 11.4 Å². The number of alkyl halides is 3. The lowest BCUT2D eigenvalue weighted by Crippen LogP contribution is -2.47. The van der Waals surface area contributed by atoms with Gasteiger partial charge in [0.05, 0.1) is 24.5 Å². The van der Waals surface area contributed by atoms with Crippen LogP contribution in [0.5, 0.6) is 0 Å². The Morgan fingerprint density at radius 2 is 1.87 bits per heavy atom. The number of carbonyl (C=O) groups excluding carboxylic acids is 1. The molecule has 1 amide bonds. The fourth-order valence-electron chi connectivity index (χ4n) is 4.77. The molecule has 0 bridgehead atoms. The van der Waals surface area contributed by atoms with Crippen LogP contribution in [0.15, 0.2) is 61.3 Å². The Hall–Kier alpha value is -4.03. The summed E-state index contributed by atoms with van der Waals surface area (Å²) in [5, 5.41) is 2.36. The van der Waals surface area contributed by atoms with Gasteiger partial charge in [-0.1, -0.05) is 18.6 Å². The van der Waals surface area contributed by atoms with Gasteiger partial charge in [0.1, 0.15) is 23.5 Å². The molecule has 0 spiro atoms. The van der Waals surface area contributed by atoms with Crippen LogP contribution in [0.2, 0.25) is 0 Å². The molecule has 6 rings (SSSR count). The van der Waals surface area contributed by atoms with Crippen molar-refractivity contribution in [3.8, 4) is 11.3 Å². The van der Waals surface area contributed by atoms with Crippen LogP contribution in [0.1, 0.15) is 35.2 Å². The molecule has 1 aromatic carbocycles. The predicted molar refractivity (Wildman–Crippen MR) is 140 cm³/mol. The molecule has 9 nitrogen and oxygen atoms in total. The van der Waals surface area contributed by atoms with Gasteiger partial charge >= 0.3 is 6.18 Å². The summed E-state index contributed by atoms with van der Waals surface area (Å²) in [5.41, 5.74) is 7.23. The Balaban J connectivity index is 0.000000257. The zero-order chi connectivity index (χ0) is 27.4. The Bertz CT molecular complexity index is 1410. The minimum Gasteiger partial charge on any atom is -0.382 e. The summed E-state index contributed by atoms with van der Waals surface area (Å²) in [5.74, 6) is -0.454. The number of nitrogens with zero attached hydrogens (tertiary/aromatic N) is 5. The van der Waals surface area contributed by atoms with Gasteiger partial charge in [0, 0.05) is 42.3 Å². The first-order valence-electron chi connectivity index (χ1n) is 12.6. The average molecular weight is 540 g/mol. The molecular formula is C27H28F3N7O2. The maximum atomic E-state index is 12.8. The summed E-state index contributed by atoms with van der Waals surface area (Å²) in [6.07, 6.45) is 5.51. The van der Waals surface area contributed by atoms with Crippen molar-refractivity contribution in [3.63, 3.8) is 0 Å². The number of morpholine rings is 1. The van der Waals surface area contributed by atoms with Crippen molar-refractivity contribution in [3.05, 3.63) is 72.4 Å². The molecule has 204 valence electrons. The molecule has 1 atom stereocenters. The molecule has 0 saturated carbocycles. The summed E-state index contributed by atoms with van der Waals surface area (Å²) < 4.78 is 45.5. The smallest absolute Gasteiger partial charge is 0.382 e. The number of fused-ring (bicyclic) bond motifs is 2. The molecule has 12 heteroatoms. The van der Waals surface area contributed by atoms with Gasteiger partial charge < -0.3 is 20.2 Å². The van der Waals surface area contributed by atoms with Crippen molar-refractivity contribution in [2.75, 3.05) is 37.4 Å². The summed E-state index contributed by atoms with van der Waals surface area (Å²) in [6, 6.07) is 8.79. The number of amides is 1. The van der Waals surface area contributed by atoms with E-state index in [0.717, 1.165) is 37.6 Å². The van der Waals surface area contributed by atoms with Gasteiger partial charge in [-0.2, -0.15) is 13.2 Å². The number of hydrogen-bond acceptors (Lipinski definition) is 7. The van der Waals surface area contributed by atoms with Crippen LogP contribution in [-0.4, -0.2) is 62.5 Å². The molecule has 39 heavy (non-hydrogen) atoms. The van der Waals surface area contributed by atoms with Gasteiger partial charge in [0.25, 0.3) is 5.91 Å². The minimum absolute atomic E-state index is 0.187. The third-order valence-corrected chi connectivity index (χ3v) is 6.81. The van der Waals surface area contributed by atoms with Crippen molar-refractivity contribution in [1.82, 2.24) is 24.3 Å². The molecule has 2 fully saturated rings. The zero-order valence-corrected chi connectivity index (χ0v) is 21.1. The lowest BCUT2D eigenvalue weighted by molar-refractivity contribution is -0.137. The maximum Gasteiger partial charge on any atom is 0.416 e. The molecule has 2 aliphatic heterocycles. The van der Waals surface area contributed by atoms with Crippen molar-refractivity contribution >= 4 is 23.1 Å². The highest BCUT2D eigenvalue weighted by atomic mass is 19.4. The summed E-state index contributed by atoms with van der Waals surface area (Å²) >= 11 is 0. The first-order chi connectivity index (χ1) is 18.8. The highest BCUT2D eigenvalue weighted by Gasteiger charge is 2.31. The number of nitrogens with one attached hydrogen (secondary N) is 1. The van der Waals surface area contributed by atoms with Gasteiger partial charge in [-0.3, -0.25) is 9.69 Å². The van der Waals surface area contributed by atoms with Crippen molar-refractivity contribution in [2.24, 2.45) is 0 Å². The van der Waals surface area contributed by atoms with E-state index in [2.05, 4.69) is 25.2 Å². The van der Waals surface area contributed by atoms with Crippen LogP contribution < -0.4 is 11.1 Å². The Labute approximate surface area is 222 Å². The van der Waals surface area contributed by atoms with Crippen LogP contribution in [0.25, 0.3) is 16.8 Å². The normalized spacial score (nSPS) is 17.7. The van der Waals surface area contributed by atoms with E-state index in [0.29, 0.717) is 22.6 Å². The zero-order valence-electron chi connectivity index (χ0n) is 21.1. The SMILES string of the molecule is C1CCN2CCOCC2C1.Nc1nccn2cnc(-c3ccc(C(=O)Nc4cc(C(F)(F)F)ccn4)cc3)c12. The average Bonchev–Trinajstić information content (AvgIpc) is 3.39. The van der Waals surface area contributed by atoms with Gasteiger partial charge in [-0.15, -0.1) is 0 Å². The van der Waals surface area contributed by atoms with Gasteiger partial charge in [0.2, 0.25) is 0 Å². The number of halogens is 3. The number of pyridine rings is 1. The second-order valence-electron chi connectivity index (χ2n) is 9.38. The Morgan fingerprint density at radius 1 is 1.05 bits per heavy atom. The highest BCUT2D eigenvalue weighted by molar-refractivity contribution is 6.04. The first-order valence-corrected chi connectivity index (χ1v) is 12.6. The van der Waals surface area contributed by atoms with E-state index in [9.17, 15) is 18.0 Å². The number of rotatable bonds is 3. The second kappa shape index (κ2) is 11.4. The topological polar surface area (TPSA) is 111 Å². The molecule has 0 radical (unpaired) electrons. The first kappa shape index (κ1) is 26.6. The highest BCUT2D eigenvalue weighted by Crippen LogP contribution is 2.30. The largest absolute Gasteiger partial charge is 0.416 e. The van der Waals surface area contributed by atoms with E-state index in [1.165, 1.54) is 44.5 Å². The summed E-state index contributed by atoms with van der Waals surface area (Å²) in [6.45, 7) is 4.43. The molecule has 2 saturated heterocycles. The minimum atomic E-state index is -4.52. The number of benzene rings is 1. The second-order valence-corrected chi connectivity index (χ2v) is 9.38. The van der Waals surface area contributed by atoms with Crippen molar-refractivity contribution in [2.45, 2.75) is 31.5 Å². The van der Waals surface area contributed by atoms with Crippen LogP contribution in [0, 0.1) is 0 Å². The fraction of sp³-hybridized carbons (Fsp3) is 0.333. The van der Waals surface area contributed by atoms with Crippen LogP contribution in [0.3, 0.4) is 0 Å². The molecule has 4 aromatic rings. The molecule has 3 N–H and O–H groups in total. The van der Waals surface area contributed by atoms with Crippen molar-refractivity contribution in [1.29, 1.82) is 0 Å². The van der Waals surface area contributed by atoms with Crippen molar-refractivity contribution < 1.29 is 22.7 Å². The number of nitrogens with two attached hydrogens (primary N) is 1. The number of carbonyl (C=O) groups is 1. The monoisotopic (exact) mass is 539 g/mol. The van der Waals surface area contributed by atoms with Gasteiger partial charge in [-0.05, 0) is 43.7 Å². The predicted octanol–water partition coefficient (Wildman–Crippen LogP) is 4.52. The van der Waals surface area contributed by atoms with E-state index >= 15 is 0 Å². The number of piperidine rings is 1. The number of ether oxygens (including phenoxy) is 1. The summed E-state index contributed by atoms with van der Waals surface area (Å²) in [4.78, 5) is 27.1. The maximum absolute atomic E-state index is 12.8. The van der Waals surface area contributed by atoms with Crippen LogP contribution in [0.4, 0.5) is 24.8 Å².